The van der Waals surface area contributed by atoms with E-state index in [2.05, 4.69) is 32.4 Å². The molecule has 0 aliphatic rings. The molecule has 0 aliphatic carbocycles. The predicted molar refractivity (Wildman–Crippen MR) is 49.6 cm³/mol. The third kappa shape index (κ3) is 2.06. The highest BCUT2D eigenvalue weighted by Crippen LogP contribution is 2.12. The second kappa shape index (κ2) is 3.90. The van der Waals surface area contributed by atoms with Gasteiger partial charge in [-0.05, 0) is 29.3 Å². The maximum atomic E-state index is 4.19. The van der Waals surface area contributed by atoms with Crippen molar-refractivity contribution < 1.29 is 0 Å². The van der Waals surface area contributed by atoms with E-state index in [4.69, 9.17) is 0 Å². The first kappa shape index (κ1) is 8.78. The Morgan fingerprint density at radius 2 is 2.36 bits per heavy atom. The van der Waals surface area contributed by atoms with Crippen molar-refractivity contribution in [1.82, 2.24) is 9.55 Å². The molecule has 0 bridgehead atoms. The first-order chi connectivity index (χ1) is 5.25. The van der Waals surface area contributed by atoms with Gasteiger partial charge in [0.1, 0.15) is 10.4 Å². The highest BCUT2D eigenvalue weighted by Gasteiger charge is 2.01. The van der Waals surface area contributed by atoms with E-state index in [9.17, 15) is 0 Å². The van der Waals surface area contributed by atoms with Crippen LogP contribution in [0, 0.1) is 6.92 Å². The summed E-state index contributed by atoms with van der Waals surface area (Å²) in [7, 11) is 0. The van der Waals surface area contributed by atoms with Gasteiger partial charge in [-0.15, -0.1) is 0 Å². The molecule has 0 N–H and O–H groups in total. The molecule has 1 heterocycles. The lowest BCUT2D eigenvalue weighted by atomic mass is 10.3. The number of nitrogens with zero attached hydrogens (tertiary/aromatic N) is 2. The molecule has 2 nitrogen and oxygen atoms in total. The average Bonchev–Trinajstić information content (AvgIpc) is 2.29. The van der Waals surface area contributed by atoms with Crippen molar-refractivity contribution in [3.8, 4) is 0 Å². The summed E-state index contributed by atoms with van der Waals surface area (Å²) in [5, 5.41) is 0. The zero-order valence-corrected chi connectivity index (χ0v) is 8.56. The fourth-order valence-electron chi connectivity index (χ4n) is 1.03. The molecule has 0 saturated carbocycles. The largest absolute Gasteiger partial charge is 0.323 e. The standard InChI is InChI=1S/C8H13BrN2/c1-3-4-5-11-7(2)10-6-8(11)9/h6H,3-5H2,1-2H3. The lowest BCUT2D eigenvalue weighted by Gasteiger charge is -2.04. The molecule has 1 rings (SSSR count). The van der Waals surface area contributed by atoms with E-state index in [1.54, 1.807) is 0 Å². The molecule has 0 saturated heterocycles. The van der Waals surface area contributed by atoms with Crippen LogP contribution in [0.1, 0.15) is 25.6 Å². The van der Waals surface area contributed by atoms with E-state index in [-0.39, 0.29) is 0 Å². The van der Waals surface area contributed by atoms with E-state index in [0.717, 1.165) is 17.0 Å². The van der Waals surface area contributed by atoms with E-state index < -0.39 is 0 Å². The molecule has 0 aromatic carbocycles. The highest BCUT2D eigenvalue weighted by molar-refractivity contribution is 9.10. The Hall–Kier alpha value is -0.310. The second-order valence-electron chi connectivity index (χ2n) is 2.63. The number of halogens is 1. The molecule has 0 spiro atoms. The highest BCUT2D eigenvalue weighted by atomic mass is 79.9. The van der Waals surface area contributed by atoms with Crippen molar-refractivity contribution >= 4 is 15.9 Å². The molecule has 0 aliphatic heterocycles. The first-order valence-electron chi connectivity index (χ1n) is 3.93. The van der Waals surface area contributed by atoms with Gasteiger partial charge in [0.25, 0.3) is 0 Å². The van der Waals surface area contributed by atoms with Crippen LogP contribution in [0.5, 0.6) is 0 Å². The maximum Gasteiger partial charge on any atom is 0.106 e. The second-order valence-corrected chi connectivity index (χ2v) is 3.45. The van der Waals surface area contributed by atoms with Gasteiger partial charge in [-0.1, -0.05) is 13.3 Å². The molecule has 0 amide bonds. The van der Waals surface area contributed by atoms with Gasteiger partial charge in [0.05, 0.1) is 6.20 Å². The van der Waals surface area contributed by atoms with Crippen molar-refractivity contribution in [3.63, 3.8) is 0 Å². The zero-order chi connectivity index (χ0) is 8.27. The Kier molecular flexibility index (Phi) is 3.12. The summed E-state index contributed by atoms with van der Waals surface area (Å²) in [5.41, 5.74) is 0. The molecular formula is C8H13BrN2. The topological polar surface area (TPSA) is 17.8 Å². The number of imidazole rings is 1. The first-order valence-corrected chi connectivity index (χ1v) is 4.72. The van der Waals surface area contributed by atoms with Crippen molar-refractivity contribution in [1.29, 1.82) is 0 Å². The Morgan fingerprint density at radius 1 is 1.64 bits per heavy atom. The molecule has 1 aromatic heterocycles. The number of hydrogen-bond donors (Lipinski definition) is 0. The number of hydrogen-bond acceptors (Lipinski definition) is 1. The van der Waals surface area contributed by atoms with Gasteiger partial charge in [-0.2, -0.15) is 0 Å². The van der Waals surface area contributed by atoms with Crippen molar-refractivity contribution in [2.45, 2.75) is 33.2 Å². The number of aromatic nitrogens is 2. The molecular weight excluding hydrogens is 204 g/mol. The van der Waals surface area contributed by atoms with Gasteiger partial charge in [0.2, 0.25) is 0 Å². The summed E-state index contributed by atoms with van der Waals surface area (Å²) in [6, 6.07) is 0. The van der Waals surface area contributed by atoms with Crippen LogP contribution < -0.4 is 0 Å². The molecule has 3 heteroatoms. The quantitative estimate of drug-likeness (QED) is 0.761. The number of rotatable bonds is 3. The molecule has 0 unspecified atom stereocenters. The van der Waals surface area contributed by atoms with Gasteiger partial charge < -0.3 is 4.57 Å². The summed E-state index contributed by atoms with van der Waals surface area (Å²) >= 11 is 3.45. The number of unbranched alkanes of at least 4 members (excludes halogenated alkanes) is 1. The van der Waals surface area contributed by atoms with Crippen LogP contribution in [0.25, 0.3) is 0 Å². The number of aryl methyl sites for hydroxylation is 1. The molecule has 0 radical (unpaired) electrons. The van der Waals surface area contributed by atoms with Crippen LogP contribution in [-0.2, 0) is 6.54 Å². The van der Waals surface area contributed by atoms with Crippen molar-refractivity contribution in [2.24, 2.45) is 0 Å². The lowest BCUT2D eigenvalue weighted by Crippen LogP contribution is -2.00. The van der Waals surface area contributed by atoms with E-state index in [1.165, 1.54) is 12.8 Å². The SMILES string of the molecule is CCCCn1c(Br)cnc1C. The van der Waals surface area contributed by atoms with Crippen LogP contribution >= 0.6 is 15.9 Å². The summed E-state index contributed by atoms with van der Waals surface area (Å²) in [4.78, 5) is 4.19. The Labute approximate surface area is 75.8 Å². The minimum atomic E-state index is 1.07. The Balaban J connectivity index is 2.67. The molecule has 0 fully saturated rings. The van der Waals surface area contributed by atoms with Gasteiger partial charge in [-0.3, -0.25) is 0 Å². The van der Waals surface area contributed by atoms with Gasteiger partial charge in [0, 0.05) is 6.54 Å². The maximum absolute atomic E-state index is 4.19. The van der Waals surface area contributed by atoms with Crippen molar-refractivity contribution in [3.05, 3.63) is 16.6 Å². The predicted octanol–water partition coefficient (Wildman–Crippen LogP) is 2.75. The third-order valence-electron chi connectivity index (χ3n) is 1.74. The minimum absolute atomic E-state index is 1.07. The van der Waals surface area contributed by atoms with Crippen LogP contribution in [0.15, 0.2) is 10.8 Å². The van der Waals surface area contributed by atoms with E-state index >= 15 is 0 Å². The van der Waals surface area contributed by atoms with Crippen LogP contribution in [0.3, 0.4) is 0 Å². The van der Waals surface area contributed by atoms with Gasteiger partial charge in [-0.25, -0.2) is 4.98 Å². The molecule has 62 valence electrons. The van der Waals surface area contributed by atoms with Crippen LogP contribution in [0.4, 0.5) is 0 Å². The average molecular weight is 217 g/mol. The molecule has 11 heavy (non-hydrogen) atoms. The fourth-order valence-corrected chi connectivity index (χ4v) is 1.56. The summed E-state index contributed by atoms with van der Waals surface area (Å²) in [6.45, 7) is 5.30. The normalized spacial score (nSPS) is 10.5. The summed E-state index contributed by atoms with van der Waals surface area (Å²) in [5.74, 6) is 1.09. The van der Waals surface area contributed by atoms with E-state index in [0.29, 0.717) is 0 Å². The minimum Gasteiger partial charge on any atom is -0.323 e. The van der Waals surface area contributed by atoms with Crippen LogP contribution in [-0.4, -0.2) is 9.55 Å². The summed E-state index contributed by atoms with van der Waals surface area (Å²) in [6.07, 6.45) is 4.30. The fraction of sp³-hybridized carbons (Fsp3) is 0.625. The molecule has 1 aromatic rings. The van der Waals surface area contributed by atoms with E-state index in [1.807, 2.05) is 13.1 Å². The Bertz CT molecular complexity index is 210. The Morgan fingerprint density at radius 3 is 2.82 bits per heavy atom. The van der Waals surface area contributed by atoms with Crippen molar-refractivity contribution in [2.75, 3.05) is 0 Å². The molecule has 0 atom stereocenters. The van der Waals surface area contributed by atoms with Crippen LogP contribution in [0.2, 0.25) is 0 Å². The van der Waals surface area contributed by atoms with Gasteiger partial charge in [0.15, 0.2) is 0 Å². The monoisotopic (exact) mass is 216 g/mol. The zero-order valence-electron chi connectivity index (χ0n) is 6.97. The third-order valence-corrected chi connectivity index (χ3v) is 2.37. The van der Waals surface area contributed by atoms with Gasteiger partial charge >= 0.3 is 0 Å². The lowest BCUT2D eigenvalue weighted by molar-refractivity contribution is 0.607. The smallest absolute Gasteiger partial charge is 0.106 e. The summed E-state index contributed by atoms with van der Waals surface area (Å²) < 4.78 is 3.27.